The first-order chi connectivity index (χ1) is 7.83. The van der Waals surface area contributed by atoms with Crippen LogP contribution in [0, 0.1) is 0 Å². The Labute approximate surface area is 165 Å². The maximum atomic E-state index is 10.7. The fraction of sp³-hybridized carbons (Fsp3) is 0.571. The second-order valence-electron chi connectivity index (χ2n) is 3.05. The maximum Gasteiger partial charge on any atom is 1.00 e. The molecule has 124 valence electrons. The number of carbonyl (C=O) groups is 1. The van der Waals surface area contributed by atoms with Crippen molar-refractivity contribution in [3.63, 3.8) is 0 Å². The predicted molar refractivity (Wildman–Crippen MR) is 68.9 cm³/mol. The summed E-state index contributed by atoms with van der Waals surface area (Å²) in [5, 5.41) is 0. The minimum Gasteiger partial charge on any atom is -0.756 e. The van der Waals surface area contributed by atoms with Crippen LogP contribution in [0.15, 0.2) is 12.2 Å². The fourth-order valence-electron chi connectivity index (χ4n) is 0.529. The molecule has 14 heteroatoms. The summed E-state index contributed by atoms with van der Waals surface area (Å²) in [7, 11) is -8.84. The van der Waals surface area contributed by atoms with E-state index in [1.807, 2.05) is 0 Å². The minimum absolute atomic E-state index is 0. The maximum absolute atomic E-state index is 10.7. The van der Waals surface area contributed by atoms with Crippen LogP contribution in [0.3, 0.4) is 0 Å². The van der Waals surface area contributed by atoms with Crippen LogP contribution in [-0.2, 0) is 24.2 Å². The van der Waals surface area contributed by atoms with Gasteiger partial charge in [-0.1, -0.05) is 6.58 Å². The van der Waals surface area contributed by atoms with Gasteiger partial charge in [-0.15, -0.1) is 0 Å². The Kier molecular flexibility index (Phi) is 24.9. The number of phosphoric acid groups is 1. The third-order valence-corrected chi connectivity index (χ3v) is 1.93. The van der Waals surface area contributed by atoms with E-state index < -0.39 is 29.7 Å². The molecule has 0 radical (unpaired) electrons. The Balaban J connectivity index is -0.0000000933. The summed E-state index contributed by atoms with van der Waals surface area (Å²) >= 11 is 0. The fourth-order valence-corrected chi connectivity index (χ4v) is 1.01. The van der Waals surface area contributed by atoms with E-state index in [0.29, 0.717) is 0 Å². The van der Waals surface area contributed by atoms with Crippen molar-refractivity contribution >= 4 is 23.9 Å². The molecule has 0 amide bonds. The molecule has 0 aliphatic carbocycles. The quantitative estimate of drug-likeness (QED) is 0.0775. The smallest absolute Gasteiger partial charge is 0.756 e. The SMILES string of the molecule is C=C(C)C(=O)OCCCS(=O)(=O)O.N.N.O=P([O-])(O)O.[K+]. The van der Waals surface area contributed by atoms with Crippen molar-refractivity contribution in [1.29, 1.82) is 0 Å². The van der Waals surface area contributed by atoms with E-state index >= 15 is 0 Å². The summed E-state index contributed by atoms with van der Waals surface area (Å²) in [4.78, 5) is 33.7. The summed E-state index contributed by atoms with van der Waals surface area (Å²) in [5.41, 5.74) is 0.256. The number of hydrogen-bond acceptors (Lipinski definition) is 8. The number of ether oxygens (including phenoxy) is 1. The molecule has 11 nitrogen and oxygen atoms in total. The van der Waals surface area contributed by atoms with Gasteiger partial charge in [0, 0.05) is 5.57 Å². The summed E-state index contributed by atoms with van der Waals surface area (Å²) in [6.45, 7) is 4.80. The van der Waals surface area contributed by atoms with E-state index in [-0.39, 0.29) is 82.3 Å². The zero-order valence-corrected chi connectivity index (χ0v) is 16.7. The van der Waals surface area contributed by atoms with Gasteiger partial charge in [-0.3, -0.25) is 9.12 Å². The molecule has 0 aliphatic heterocycles. The zero-order valence-electron chi connectivity index (χ0n) is 11.9. The molecule has 0 spiro atoms. The second kappa shape index (κ2) is 15.7. The van der Waals surface area contributed by atoms with Gasteiger partial charge in [-0.25, -0.2) is 4.79 Å². The van der Waals surface area contributed by atoms with E-state index in [1.165, 1.54) is 6.92 Å². The van der Waals surface area contributed by atoms with Crippen molar-refractivity contribution in [2.75, 3.05) is 12.4 Å². The van der Waals surface area contributed by atoms with Crippen molar-refractivity contribution in [3.05, 3.63) is 12.2 Å². The Bertz CT molecular complexity index is 427. The Morgan fingerprint density at radius 3 is 1.90 bits per heavy atom. The van der Waals surface area contributed by atoms with Gasteiger partial charge < -0.3 is 31.7 Å². The first-order valence-electron chi connectivity index (χ1n) is 4.37. The van der Waals surface area contributed by atoms with Crippen LogP contribution >= 0.6 is 7.82 Å². The van der Waals surface area contributed by atoms with Gasteiger partial charge in [-0.05, 0) is 13.3 Å². The van der Waals surface area contributed by atoms with Crippen molar-refractivity contribution in [2.45, 2.75) is 13.3 Å². The third kappa shape index (κ3) is 44.9. The Morgan fingerprint density at radius 2 is 1.67 bits per heavy atom. The Morgan fingerprint density at radius 1 is 1.33 bits per heavy atom. The molecule has 0 saturated heterocycles. The largest absolute Gasteiger partial charge is 1.00 e. The van der Waals surface area contributed by atoms with E-state index in [0.717, 1.165) is 0 Å². The normalized spacial score (nSPS) is 9.57. The van der Waals surface area contributed by atoms with E-state index in [2.05, 4.69) is 11.3 Å². The summed E-state index contributed by atoms with van der Waals surface area (Å²) in [6, 6.07) is 0. The zero-order chi connectivity index (χ0) is 15.0. The van der Waals surface area contributed by atoms with Crippen LogP contribution in [0.4, 0.5) is 0 Å². The van der Waals surface area contributed by atoms with Crippen LogP contribution in [0.5, 0.6) is 0 Å². The molecule has 0 aromatic heterocycles. The van der Waals surface area contributed by atoms with Gasteiger partial charge in [0.15, 0.2) is 0 Å². The summed E-state index contributed by atoms with van der Waals surface area (Å²) in [6.07, 6.45) is 0.0812. The molecular formula is C7H20KN2O9PS. The molecule has 0 aromatic carbocycles. The van der Waals surface area contributed by atoms with Gasteiger partial charge in [0.25, 0.3) is 17.9 Å². The molecule has 0 aliphatic rings. The molecular weight excluding hydrogens is 358 g/mol. The number of esters is 1. The monoisotopic (exact) mass is 378 g/mol. The van der Waals surface area contributed by atoms with Gasteiger partial charge in [-0.2, -0.15) is 8.42 Å². The molecule has 0 bridgehead atoms. The molecule has 0 aromatic rings. The summed E-state index contributed by atoms with van der Waals surface area (Å²) < 4.78 is 42.1. The minimum atomic E-state index is -4.89. The van der Waals surface area contributed by atoms with Crippen molar-refractivity contribution in [1.82, 2.24) is 12.3 Å². The average Bonchev–Trinajstić information content (AvgIpc) is 2.07. The molecule has 21 heavy (non-hydrogen) atoms. The Hall–Kier alpha value is 0.786. The molecule has 0 fully saturated rings. The van der Waals surface area contributed by atoms with Gasteiger partial charge in [0.1, 0.15) is 0 Å². The van der Waals surface area contributed by atoms with E-state index in [9.17, 15) is 13.2 Å². The van der Waals surface area contributed by atoms with Crippen molar-refractivity contribution in [2.24, 2.45) is 0 Å². The van der Waals surface area contributed by atoms with Gasteiger partial charge in [0.05, 0.1) is 12.4 Å². The predicted octanol–water partition coefficient (Wildman–Crippen LogP) is -3.85. The first kappa shape index (κ1) is 33.4. The molecule has 0 atom stereocenters. The van der Waals surface area contributed by atoms with Crippen LogP contribution in [0.1, 0.15) is 13.3 Å². The molecule has 9 N–H and O–H groups in total. The molecule has 0 unspecified atom stereocenters. The average molecular weight is 378 g/mol. The number of rotatable bonds is 5. The van der Waals surface area contributed by atoms with Crippen molar-refractivity contribution in [3.8, 4) is 0 Å². The van der Waals surface area contributed by atoms with E-state index in [4.69, 9.17) is 23.8 Å². The summed E-state index contributed by atoms with van der Waals surface area (Å²) in [5.74, 6) is -0.966. The molecule has 0 rings (SSSR count). The van der Waals surface area contributed by atoms with Crippen molar-refractivity contribution < 1.29 is 93.1 Å². The standard InChI is InChI=1S/C7H12O5S.K.2H3N.H3O4P/c1-6(2)7(8)12-4-3-5-13(9,10)11;;;;1-5(2,3)4/h1,3-5H2,2H3,(H,9,10,11);;2*1H3;(H3,1,2,3,4)/q;+1;;;/p-1. The van der Waals surface area contributed by atoms with Crippen LogP contribution in [0.25, 0.3) is 0 Å². The van der Waals surface area contributed by atoms with Gasteiger partial charge >= 0.3 is 57.4 Å². The number of carbonyl (C=O) groups excluding carboxylic acids is 1. The molecule has 0 saturated carbocycles. The molecule has 0 heterocycles. The first-order valence-corrected chi connectivity index (χ1v) is 7.51. The van der Waals surface area contributed by atoms with E-state index in [1.54, 1.807) is 0 Å². The second-order valence-corrected chi connectivity index (χ2v) is 5.60. The number of hydrogen-bond donors (Lipinski definition) is 5. The third-order valence-electron chi connectivity index (χ3n) is 1.13. The van der Waals surface area contributed by atoms with Crippen LogP contribution in [0.2, 0.25) is 0 Å². The van der Waals surface area contributed by atoms with Crippen LogP contribution < -0.4 is 68.6 Å². The topological polar surface area (TPSA) is 231 Å². The van der Waals surface area contributed by atoms with Gasteiger partial charge in [0.2, 0.25) is 0 Å². The van der Waals surface area contributed by atoms with Crippen LogP contribution in [-0.4, -0.2) is 41.1 Å².